The highest BCUT2D eigenvalue weighted by Crippen LogP contribution is 2.54. The van der Waals surface area contributed by atoms with Gasteiger partial charge in [-0.05, 0) is 30.2 Å². The molecule has 0 saturated heterocycles. The third-order valence-corrected chi connectivity index (χ3v) is 5.31. The number of nitrogens with one attached hydrogen (secondary N) is 1. The predicted octanol–water partition coefficient (Wildman–Crippen LogP) is 3.58. The van der Waals surface area contributed by atoms with E-state index < -0.39 is 13.4 Å². The van der Waals surface area contributed by atoms with Crippen molar-refractivity contribution in [2.75, 3.05) is 26.6 Å². The van der Waals surface area contributed by atoms with E-state index in [4.69, 9.17) is 13.8 Å². The van der Waals surface area contributed by atoms with Crippen LogP contribution in [0.5, 0.6) is 5.75 Å². The van der Waals surface area contributed by atoms with E-state index >= 15 is 0 Å². The van der Waals surface area contributed by atoms with Crippen LogP contribution in [-0.2, 0) is 13.6 Å². The Morgan fingerprint density at radius 2 is 1.58 bits per heavy atom. The van der Waals surface area contributed by atoms with E-state index in [1.807, 2.05) is 38.1 Å². The number of ether oxygens (including phenoxy) is 1. The normalized spacial score (nSPS) is 13.4. The molecule has 0 bridgehead atoms. The molecule has 0 saturated carbocycles. The maximum Gasteiger partial charge on any atom is 0.352 e. The van der Waals surface area contributed by atoms with Gasteiger partial charge in [-0.2, -0.15) is 0 Å². The number of rotatable bonds is 7. The molecule has 1 rings (SSSR count). The zero-order chi connectivity index (χ0) is 14.5. The van der Waals surface area contributed by atoms with Crippen LogP contribution in [0.2, 0.25) is 0 Å². The molecule has 0 fully saturated rings. The minimum Gasteiger partial charge on any atom is -0.497 e. The van der Waals surface area contributed by atoms with Gasteiger partial charge in [0.1, 0.15) is 11.5 Å². The first-order chi connectivity index (χ1) is 8.96. The van der Waals surface area contributed by atoms with Crippen molar-refractivity contribution in [2.45, 2.75) is 19.6 Å². The lowest BCUT2D eigenvalue weighted by Crippen LogP contribution is -2.27. The SMILES string of the molecule is COc1ccc(NC(C(C)C)P(=O)(OC)OC)cc1. The molecule has 1 N–H and O–H groups in total. The zero-order valence-electron chi connectivity index (χ0n) is 12.0. The van der Waals surface area contributed by atoms with Crippen LogP contribution in [0.4, 0.5) is 5.69 Å². The van der Waals surface area contributed by atoms with E-state index in [9.17, 15) is 4.57 Å². The monoisotopic (exact) mass is 287 g/mol. The molecule has 0 amide bonds. The van der Waals surface area contributed by atoms with Crippen LogP contribution in [0.1, 0.15) is 13.8 Å². The fraction of sp³-hybridized carbons (Fsp3) is 0.538. The molecule has 0 radical (unpaired) electrons. The molecular formula is C13H22NO4P. The second-order valence-electron chi connectivity index (χ2n) is 4.47. The third kappa shape index (κ3) is 3.96. The largest absolute Gasteiger partial charge is 0.497 e. The second-order valence-corrected chi connectivity index (χ2v) is 6.83. The molecule has 0 heterocycles. The van der Waals surface area contributed by atoms with Crippen LogP contribution in [0, 0.1) is 5.92 Å². The molecule has 108 valence electrons. The molecule has 0 aliphatic carbocycles. The van der Waals surface area contributed by atoms with E-state index in [1.54, 1.807) is 7.11 Å². The first-order valence-electron chi connectivity index (χ1n) is 6.08. The molecule has 0 spiro atoms. The van der Waals surface area contributed by atoms with E-state index in [0.29, 0.717) is 0 Å². The molecule has 1 unspecified atom stereocenters. The van der Waals surface area contributed by atoms with Crippen LogP contribution in [-0.4, -0.2) is 27.1 Å². The van der Waals surface area contributed by atoms with Gasteiger partial charge in [0.05, 0.1) is 7.11 Å². The van der Waals surface area contributed by atoms with Crippen LogP contribution >= 0.6 is 7.60 Å². The van der Waals surface area contributed by atoms with Gasteiger partial charge < -0.3 is 19.1 Å². The van der Waals surface area contributed by atoms with E-state index in [0.717, 1.165) is 11.4 Å². The standard InChI is InChI=1S/C13H22NO4P/c1-10(2)13(19(15,17-4)18-5)14-11-6-8-12(16-3)9-7-11/h6-10,13-14H,1-5H3. The number of benzene rings is 1. The van der Waals surface area contributed by atoms with Gasteiger partial charge >= 0.3 is 7.60 Å². The summed E-state index contributed by atoms with van der Waals surface area (Å²) in [6.45, 7) is 3.93. The Balaban J connectivity index is 2.92. The summed E-state index contributed by atoms with van der Waals surface area (Å²) in [6, 6.07) is 7.41. The van der Waals surface area contributed by atoms with Gasteiger partial charge in [0, 0.05) is 19.9 Å². The minimum atomic E-state index is -3.17. The fourth-order valence-corrected chi connectivity index (χ4v) is 3.41. The lowest BCUT2D eigenvalue weighted by atomic mass is 10.2. The molecule has 0 aliphatic heterocycles. The van der Waals surface area contributed by atoms with Crippen molar-refractivity contribution in [2.24, 2.45) is 5.92 Å². The summed E-state index contributed by atoms with van der Waals surface area (Å²) >= 11 is 0. The van der Waals surface area contributed by atoms with Crippen molar-refractivity contribution in [1.82, 2.24) is 0 Å². The molecule has 5 nitrogen and oxygen atoms in total. The molecule has 0 aromatic heterocycles. The zero-order valence-corrected chi connectivity index (χ0v) is 12.9. The molecule has 19 heavy (non-hydrogen) atoms. The predicted molar refractivity (Wildman–Crippen MR) is 76.9 cm³/mol. The van der Waals surface area contributed by atoms with Crippen molar-refractivity contribution in [1.29, 1.82) is 0 Å². The highest BCUT2D eigenvalue weighted by molar-refractivity contribution is 7.54. The Bertz CT molecular complexity index is 425. The summed E-state index contributed by atoms with van der Waals surface area (Å²) in [5.74, 6) is 0.456. The van der Waals surface area contributed by atoms with Crippen molar-refractivity contribution in [3.05, 3.63) is 24.3 Å². The number of anilines is 1. The van der Waals surface area contributed by atoms with E-state index in [1.165, 1.54) is 14.2 Å². The lowest BCUT2D eigenvalue weighted by Gasteiger charge is -2.29. The third-order valence-electron chi connectivity index (χ3n) is 2.89. The van der Waals surface area contributed by atoms with Gasteiger partial charge in [0.25, 0.3) is 0 Å². The summed E-state index contributed by atoms with van der Waals surface area (Å²) in [5, 5.41) is 3.20. The number of hydrogen-bond donors (Lipinski definition) is 1. The number of methoxy groups -OCH3 is 1. The van der Waals surface area contributed by atoms with Gasteiger partial charge in [-0.15, -0.1) is 0 Å². The summed E-state index contributed by atoms with van der Waals surface area (Å²) < 4.78 is 27.7. The maximum atomic E-state index is 12.5. The quantitative estimate of drug-likeness (QED) is 0.777. The van der Waals surface area contributed by atoms with Gasteiger partial charge in [-0.1, -0.05) is 13.8 Å². The smallest absolute Gasteiger partial charge is 0.352 e. The summed E-state index contributed by atoms with van der Waals surface area (Å²) in [5.41, 5.74) is 0.842. The molecule has 1 atom stereocenters. The maximum absolute atomic E-state index is 12.5. The van der Waals surface area contributed by atoms with Crippen molar-refractivity contribution in [3.8, 4) is 5.75 Å². The first kappa shape index (κ1) is 16.0. The van der Waals surface area contributed by atoms with Crippen molar-refractivity contribution >= 4 is 13.3 Å². The van der Waals surface area contributed by atoms with Crippen molar-refractivity contribution < 1.29 is 18.3 Å². The topological polar surface area (TPSA) is 56.8 Å². The molecular weight excluding hydrogens is 265 g/mol. The van der Waals surface area contributed by atoms with E-state index in [2.05, 4.69) is 5.32 Å². The Morgan fingerprint density at radius 3 is 1.95 bits per heavy atom. The Labute approximate surface area is 114 Å². The van der Waals surface area contributed by atoms with E-state index in [-0.39, 0.29) is 5.92 Å². The van der Waals surface area contributed by atoms with Crippen LogP contribution < -0.4 is 10.1 Å². The first-order valence-corrected chi connectivity index (χ1v) is 7.69. The van der Waals surface area contributed by atoms with Gasteiger partial charge in [-0.25, -0.2) is 0 Å². The van der Waals surface area contributed by atoms with Crippen LogP contribution in [0.25, 0.3) is 0 Å². The highest BCUT2D eigenvalue weighted by Gasteiger charge is 2.36. The second kappa shape index (κ2) is 6.94. The lowest BCUT2D eigenvalue weighted by molar-refractivity contribution is 0.261. The average Bonchev–Trinajstić information content (AvgIpc) is 2.44. The minimum absolute atomic E-state index is 0.0906. The van der Waals surface area contributed by atoms with Crippen LogP contribution in [0.15, 0.2) is 24.3 Å². The summed E-state index contributed by atoms with van der Waals surface area (Å²) in [6.07, 6.45) is 0. The van der Waals surface area contributed by atoms with Gasteiger partial charge in [-0.3, -0.25) is 4.57 Å². The van der Waals surface area contributed by atoms with Crippen molar-refractivity contribution in [3.63, 3.8) is 0 Å². The summed E-state index contributed by atoms with van der Waals surface area (Å²) in [4.78, 5) is 0. The van der Waals surface area contributed by atoms with Gasteiger partial charge in [0.15, 0.2) is 0 Å². The molecule has 0 aliphatic rings. The average molecular weight is 287 g/mol. The highest BCUT2D eigenvalue weighted by atomic mass is 31.2. The fourth-order valence-electron chi connectivity index (χ4n) is 1.77. The Hall–Kier alpha value is -1.03. The Morgan fingerprint density at radius 1 is 1.05 bits per heavy atom. The Kier molecular flexibility index (Phi) is 5.85. The molecule has 1 aromatic rings. The molecule has 1 aromatic carbocycles. The van der Waals surface area contributed by atoms with Crippen LogP contribution in [0.3, 0.4) is 0 Å². The number of hydrogen-bond acceptors (Lipinski definition) is 5. The van der Waals surface area contributed by atoms with Gasteiger partial charge in [0.2, 0.25) is 0 Å². The summed E-state index contributed by atoms with van der Waals surface area (Å²) in [7, 11) is 1.24. The molecule has 6 heteroatoms.